The zero-order valence-electron chi connectivity index (χ0n) is 11.7. The predicted molar refractivity (Wildman–Crippen MR) is 75.3 cm³/mol. The van der Waals surface area contributed by atoms with E-state index in [0.29, 0.717) is 6.04 Å². The molecule has 1 fully saturated rings. The summed E-state index contributed by atoms with van der Waals surface area (Å²) in [5, 5.41) is 3.32. The molecule has 0 aromatic carbocycles. The average molecular weight is 247 g/mol. The number of rotatable bonds is 5. The van der Waals surface area contributed by atoms with E-state index in [9.17, 15) is 0 Å². The summed E-state index contributed by atoms with van der Waals surface area (Å²) in [5.41, 5.74) is 2.47. The van der Waals surface area contributed by atoms with Crippen LogP contribution in [0, 0.1) is 0 Å². The first-order valence-electron chi connectivity index (χ1n) is 7.18. The van der Waals surface area contributed by atoms with Gasteiger partial charge in [0.2, 0.25) is 0 Å². The minimum atomic E-state index is 0.710. The normalized spacial score (nSPS) is 21.1. The smallest absolute Gasteiger partial charge is 0.0544 e. The Labute approximate surface area is 111 Å². The Morgan fingerprint density at radius 1 is 1.39 bits per heavy atom. The van der Waals surface area contributed by atoms with Gasteiger partial charge in [-0.2, -0.15) is 0 Å². The van der Waals surface area contributed by atoms with Crippen molar-refractivity contribution < 1.29 is 0 Å². The Balaban J connectivity index is 1.89. The highest BCUT2D eigenvalue weighted by Crippen LogP contribution is 2.18. The fraction of sp³-hybridized carbons (Fsp3) is 0.667. The molecule has 3 nitrogen and oxygen atoms in total. The average Bonchev–Trinajstić information content (AvgIpc) is 2.41. The van der Waals surface area contributed by atoms with Crippen LogP contribution >= 0.6 is 0 Å². The van der Waals surface area contributed by atoms with E-state index >= 15 is 0 Å². The summed E-state index contributed by atoms with van der Waals surface area (Å²) in [4.78, 5) is 7.13. The SMILES string of the molecule is CCNCc1ccc(CN2CCCCC2C)nc1. The zero-order valence-corrected chi connectivity index (χ0v) is 11.7. The lowest BCUT2D eigenvalue weighted by atomic mass is 10.0. The highest BCUT2D eigenvalue weighted by atomic mass is 15.2. The van der Waals surface area contributed by atoms with E-state index in [1.807, 2.05) is 6.20 Å². The summed E-state index contributed by atoms with van der Waals surface area (Å²) >= 11 is 0. The van der Waals surface area contributed by atoms with E-state index in [0.717, 1.165) is 19.6 Å². The first-order chi connectivity index (χ1) is 8.79. The Morgan fingerprint density at radius 3 is 2.94 bits per heavy atom. The van der Waals surface area contributed by atoms with E-state index in [-0.39, 0.29) is 0 Å². The van der Waals surface area contributed by atoms with Crippen molar-refractivity contribution in [1.82, 2.24) is 15.2 Å². The van der Waals surface area contributed by atoms with Gasteiger partial charge in [-0.25, -0.2) is 0 Å². The number of likely N-dealkylation sites (tertiary alicyclic amines) is 1. The summed E-state index contributed by atoms with van der Waals surface area (Å²) in [5.74, 6) is 0. The molecular formula is C15H25N3. The minimum Gasteiger partial charge on any atom is -0.313 e. The van der Waals surface area contributed by atoms with Crippen LogP contribution < -0.4 is 5.32 Å². The quantitative estimate of drug-likeness (QED) is 0.867. The maximum absolute atomic E-state index is 4.58. The molecule has 3 heteroatoms. The van der Waals surface area contributed by atoms with Crippen LogP contribution in [0.3, 0.4) is 0 Å². The van der Waals surface area contributed by atoms with Crippen molar-refractivity contribution in [2.24, 2.45) is 0 Å². The molecule has 1 unspecified atom stereocenters. The number of piperidine rings is 1. The van der Waals surface area contributed by atoms with Gasteiger partial charge in [0.15, 0.2) is 0 Å². The highest BCUT2D eigenvalue weighted by Gasteiger charge is 2.18. The third-order valence-corrected chi connectivity index (χ3v) is 3.77. The van der Waals surface area contributed by atoms with Gasteiger partial charge in [-0.1, -0.05) is 19.4 Å². The van der Waals surface area contributed by atoms with Gasteiger partial charge >= 0.3 is 0 Å². The van der Waals surface area contributed by atoms with Crippen molar-refractivity contribution in [2.45, 2.75) is 52.2 Å². The van der Waals surface area contributed by atoms with Gasteiger partial charge in [0.05, 0.1) is 5.69 Å². The molecule has 1 N–H and O–H groups in total. The molecule has 1 atom stereocenters. The fourth-order valence-corrected chi connectivity index (χ4v) is 2.52. The lowest BCUT2D eigenvalue weighted by Crippen LogP contribution is -2.36. The van der Waals surface area contributed by atoms with Gasteiger partial charge in [-0.3, -0.25) is 9.88 Å². The summed E-state index contributed by atoms with van der Waals surface area (Å²) in [6.07, 6.45) is 6.06. The van der Waals surface area contributed by atoms with Crippen molar-refractivity contribution in [3.05, 3.63) is 29.6 Å². The second-order valence-electron chi connectivity index (χ2n) is 5.25. The molecule has 1 aromatic heterocycles. The van der Waals surface area contributed by atoms with Gasteiger partial charge in [-0.05, 0) is 44.5 Å². The maximum atomic E-state index is 4.58. The summed E-state index contributed by atoms with van der Waals surface area (Å²) in [6.45, 7) is 8.61. The van der Waals surface area contributed by atoms with Gasteiger partial charge in [0.25, 0.3) is 0 Å². The van der Waals surface area contributed by atoms with Crippen LogP contribution in [0.4, 0.5) is 0 Å². The van der Waals surface area contributed by atoms with E-state index in [1.54, 1.807) is 0 Å². The van der Waals surface area contributed by atoms with E-state index in [4.69, 9.17) is 0 Å². The van der Waals surface area contributed by atoms with E-state index < -0.39 is 0 Å². The van der Waals surface area contributed by atoms with Gasteiger partial charge in [-0.15, -0.1) is 0 Å². The molecule has 1 aromatic rings. The van der Waals surface area contributed by atoms with Crippen molar-refractivity contribution in [3.63, 3.8) is 0 Å². The van der Waals surface area contributed by atoms with Gasteiger partial charge in [0, 0.05) is 25.3 Å². The minimum absolute atomic E-state index is 0.710. The molecule has 100 valence electrons. The molecule has 2 rings (SSSR count). The van der Waals surface area contributed by atoms with Crippen LogP contribution in [0.1, 0.15) is 44.4 Å². The van der Waals surface area contributed by atoms with Crippen LogP contribution in [0.2, 0.25) is 0 Å². The summed E-state index contributed by atoms with van der Waals surface area (Å²) < 4.78 is 0. The van der Waals surface area contributed by atoms with Crippen LogP contribution in [0.25, 0.3) is 0 Å². The standard InChI is InChI=1S/C15H25N3/c1-3-16-10-14-7-8-15(17-11-14)12-18-9-5-4-6-13(18)2/h7-8,11,13,16H,3-6,9-10,12H2,1-2H3. The van der Waals surface area contributed by atoms with Gasteiger partial charge < -0.3 is 5.32 Å². The lowest BCUT2D eigenvalue weighted by molar-refractivity contribution is 0.151. The number of hydrogen-bond donors (Lipinski definition) is 1. The first kappa shape index (κ1) is 13.5. The molecular weight excluding hydrogens is 222 g/mol. The Hall–Kier alpha value is -0.930. The largest absolute Gasteiger partial charge is 0.313 e. The van der Waals surface area contributed by atoms with E-state index in [1.165, 1.54) is 37.1 Å². The highest BCUT2D eigenvalue weighted by molar-refractivity contribution is 5.14. The predicted octanol–water partition coefficient (Wildman–Crippen LogP) is 2.57. The molecule has 1 aliphatic rings. The maximum Gasteiger partial charge on any atom is 0.0544 e. The molecule has 0 amide bonds. The number of aromatic nitrogens is 1. The van der Waals surface area contributed by atoms with Crippen molar-refractivity contribution in [2.75, 3.05) is 13.1 Å². The van der Waals surface area contributed by atoms with Crippen LogP contribution in [0.15, 0.2) is 18.3 Å². The number of nitrogens with one attached hydrogen (secondary N) is 1. The van der Waals surface area contributed by atoms with Crippen molar-refractivity contribution >= 4 is 0 Å². The van der Waals surface area contributed by atoms with E-state index in [2.05, 4.69) is 41.2 Å². The fourth-order valence-electron chi connectivity index (χ4n) is 2.52. The molecule has 1 saturated heterocycles. The monoisotopic (exact) mass is 247 g/mol. The zero-order chi connectivity index (χ0) is 12.8. The second kappa shape index (κ2) is 6.86. The number of nitrogens with zero attached hydrogens (tertiary/aromatic N) is 2. The molecule has 0 aliphatic carbocycles. The molecule has 0 radical (unpaired) electrons. The Kier molecular flexibility index (Phi) is 5.14. The number of hydrogen-bond acceptors (Lipinski definition) is 3. The molecule has 0 bridgehead atoms. The van der Waals surface area contributed by atoms with Crippen LogP contribution in [-0.2, 0) is 13.1 Å². The Bertz CT molecular complexity index is 347. The van der Waals surface area contributed by atoms with Crippen molar-refractivity contribution in [3.8, 4) is 0 Å². The summed E-state index contributed by atoms with van der Waals surface area (Å²) in [6, 6.07) is 5.08. The molecule has 0 spiro atoms. The third-order valence-electron chi connectivity index (χ3n) is 3.77. The molecule has 1 aliphatic heterocycles. The third kappa shape index (κ3) is 3.79. The van der Waals surface area contributed by atoms with Crippen LogP contribution in [0.5, 0.6) is 0 Å². The topological polar surface area (TPSA) is 28.2 Å². The lowest BCUT2D eigenvalue weighted by Gasteiger charge is -2.32. The van der Waals surface area contributed by atoms with Crippen LogP contribution in [-0.4, -0.2) is 29.0 Å². The second-order valence-corrected chi connectivity index (χ2v) is 5.25. The molecule has 18 heavy (non-hydrogen) atoms. The first-order valence-corrected chi connectivity index (χ1v) is 7.18. The van der Waals surface area contributed by atoms with Gasteiger partial charge in [0.1, 0.15) is 0 Å². The summed E-state index contributed by atoms with van der Waals surface area (Å²) in [7, 11) is 0. The Morgan fingerprint density at radius 2 is 2.28 bits per heavy atom. The molecule has 0 saturated carbocycles. The number of pyridine rings is 1. The molecule has 2 heterocycles. The van der Waals surface area contributed by atoms with Crippen molar-refractivity contribution in [1.29, 1.82) is 0 Å².